The zero-order valence-electron chi connectivity index (χ0n) is 8.71. The average Bonchev–Trinajstić information content (AvgIpc) is 2.34. The first-order valence-corrected chi connectivity index (χ1v) is 6.53. The molecule has 0 spiro atoms. The average molecular weight is 422 g/mol. The van der Waals surface area contributed by atoms with E-state index in [1.54, 1.807) is 18.5 Å². The van der Waals surface area contributed by atoms with Gasteiger partial charge in [0.1, 0.15) is 0 Å². The van der Waals surface area contributed by atoms with E-state index in [-0.39, 0.29) is 17.4 Å². The van der Waals surface area contributed by atoms with E-state index < -0.39 is 4.92 Å². The lowest BCUT2D eigenvalue weighted by Crippen LogP contribution is -1.96. The van der Waals surface area contributed by atoms with Crippen molar-refractivity contribution in [1.82, 2.24) is 9.97 Å². The molecule has 0 bridgehead atoms. The Morgan fingerprint density at radius 1 is 1.33 bits per heavy atom. The molecule has 2 aromatic rings. The van der Waals surface area contributed by atoms with Gasteiger partial charge in [0.05, 0.1) is 4.92 Å². The normalized spacial score (nSPS) is 10.1. The van der Waals surface area contributed by atoms with Gasteiger partial charge in [0, 0.05) is 26.5 Å². The van der Waals surface area contributed by atoms with Crippen molar-refractivity contribution in [1.29, 1.82) is 0 Å². The molecule has 0 fully saturated rings. The third-order valence-corrected chi connectivity index (χ3v) is 2.97. The van der Waals surface area contributed by atoms with Crippen LogP contribution in [0.3, 0.4) is 0 Å². The zero-order chi connectivity index (χ0) is 13.1. The highest BCUT2D eigenvalue weighted by molar-refractivity contribution is 14.1. The molecule has 0 N–H and O–H groups in total. The topological polar surface area (TPSA) is 78.2 Å². The van der Waals surface area contributed by atoms with E-state index >= 15 is 0 Å². The van der Waals surface area contributed by atoms with Crippen LogP contribution in [0.5, 0.6) is 11.8 Å². The largest absolute Gasteiger partial charge is 0.417 e. The van der Waals surface area contributed by atoms with Crippen LogP contribution in [0.15, 0.2) is 35.1 Å². The first-order valence-electron chi connectivity index (χ1n) is 4.65. The van der Waals surface area contributed by atoms with Gasteiger partial charge >= 0.3 is 11.7 Å². The van der Waals surface area contributed by atoms with Gasteiger partial charge in [0.25, 0.3) is 0 Å². The molecular weight excluding hydrogens is 417 g/mol. The summed E-state index contributed by atoms with van der Waals surface area (Å²) in [6.45, 7) is 0. The lowest BCUT2D eigenvalue weighted by molar-refractivity contribution is -0.385. The van der Waals surface area contributed by atoms with Crippen LogP contribution in [-0.4, -0.2) is 14.9 Å². The van der Waals surface area contributed by atoms with Crippen LogP contribution in [0.2, 0.25) is 0 Å². The number of hydrogen-bond acceptors (Lipinski definition) is 5. The van der Waals surface area contributed by atoms with Crippen molar-refractivity contribution in [2.45, 2.75) is 0 Å². The molecule has 0 saturated carbocycles. The van der Waals surface area contributed by atoms with Crippen LogP contribution < -0.4 is 4.74 Å². The molecule has 0 amide bonds. The van der Waals surface area contributed by atoms with Gasteiger partial charge in [-0.3, -0.25) is 10.1 Å². The fourth-order valence-corrected chi connectivity index (χ4v) is 1.80. The summed E-state index contributed by atoms with van der Waals surface area (Å²) in [5, 5.41) is 10.9. The molecule has 18 heavy (non-hydrogen) atoms. The number of halogens is 2. The van der Waals surface area contributed by atoms with Crippen molar-refractivity contribution in [3.63, 3.8) is 0 Å². The molecule has 0 aliphatic carbocycles. The van der Waals surface area contributed by atoms with E-state index in [0.29, 0.717) is 4.47 Å². The second-order valence-corrected chi connectivity index (χ2v) is 5.32. The van der Waals surface area contributed by atoms with Crippen molar-refractivity contribution in [2.24, 2.45) is 0 Å². The molecule has 0 aliphatic heterocycles. The molecule has 1 heterocycles. The Morgan fingerprint density at radius 2 is 2.00 bits per heavy atom. The number of benzene rings is 1. The van der Waals surface area contributed by atoms with Crippen molar-refractivity contribution in [3.05, 3.63) is 48.8 Å². The minimum atomic E-state index is -0.521. The highest BCUT2D eigenvalue weighted by Crippen LogP contribution is 2.32. The van der Waals surface area contributed by atoms with Crippen molar-refractivity contribution in [3.8, 4) is 11.8 Å². The maximum absolute atomic E-state index is 10.9. The monoisotopic (exact) mass is 421 g/mol. The number of nitro groups is 1. The predicted octanol–water partition coefficient (Wildman–Crippen LogP) is 3.54. The summed E-state index contributed by atoms with van der Waals surface area (Å²) < 4.78 is 6.75. The van der Waals surface area contributed by atoms with Gasteiger partial charge in [-0.2, -0.15) is 0 Å². The summed E-state index contributed by atoms with van der Waals surface area (Å²) in [5.41, 5.74) is -0.147. The fraction of sp³-hybridized carbons (Fsp3) is 0. The second kappa shape index (κ2) is 5.57. The molecule has 0 radical (unpaired) electrons. The van der Waals surface area contributed by atoms with Crippen LogP contribution in [0.25, 0.3) is 0 Å². The maximum atomic E-state index is 10.9. The summed E-state index contributed by atoms with van der Waals surface area (Å²) in [6.07, 6.45) is 3.13. The Kier molecular flexibility index (Phi) is 4.07. The Hall–Kier alpha value is -1.29. The predicted molar refractivity (Wildman–Crippen MR) is 75.6 cm³/mol. The summed E-state index contributed by atoms with van der Waals surface area (Å²) in [6, 6.07) is 4.57. The van der Waals surface area contributed by atoms with E-state index in [0.717, 1.165) is 3.57 Å². The lowest BCUT2D eigenvalue weighted by Gasteiger charge is -2.04. The third kappa shape index (κ3) is 3.13. The van der Waals surface area contributed by atoms with E-state index in [4.69, 9.17) is 4.74 Å². The number of nitrogens with zero attached hydrogens (tertiary/aromatic N) is 3. The Labute approximate surface area is 124 Å². The van der Waals surface area contributed by atoms with Gasteiger partial charge < -0.3 is 4.74 Å². The molecule has 92 valence electrons. The number of aromatic nitrogens is 2. The molecule has 1 aromatic heterocycles. The summed E-state index contributed by atoms with van der Waals surface area (Å²) >= 11 is 5.22. The van der Waals surface area contributed by atoms with E-state index in [1.165, 1.54) is 12.1 Å². The van der Waals surface area contributed by atoms with Crippen LogP contribution in [0.1, 0.15) is 0 Å². The minimum Gasteiger partial charge on any atom is -0.417 e. The molecule has 0 atom stereocenters. The molecule has 6 nitrogen and oxygen atoms in total. The van der Waals surface area contributed by atoms with Crippen LogP contribution in [0, 0.1) is 13.7 Å². The number of rotatable bonds is 3. The van der Waals surface area contributed by atoms with E-state index in [9.17, 15) is 10.1 Å². The molecule has 2 rings (SSSR count). The standard InChI is InChI=1S/C10H5BrIN3O3/c11-6-1-2-9(8(3-6)15(16)17)18-10-13-4-7(12)5-14-10/h1-5H. The Bertz CT molecular complexity index is 591. The quantitative estimate of drug-likeness (QED) is 0.430. The Morgan fingerprint density at radius 3 is 2.61 bits per heavy atom. The molecule has 0 unspecified atom stereocenters. The van der Waals surface area contributed by atoms with E-state index in [2.05, 4.69) is 48.5 Å². The SMILES string of the molecule is O=[N+]([O-])c1cc(Br)ccc1Oc1ncc(I)cn1. The van der Waals surface area contributed by atoms with Gasteiger partial charge in [0.15, 0.2) is 0 Å². The van der Waals surface area contributed by atoms with Gasteiger partial charge in [0.2, 0.25) is 5.75 Å². The minimum absolute atomic E-state index is 0.0702. The van der Waals surface area contributed by atoms with Crippen LogP contribution >= 0.6 is 38.5 Å². The zero-order valence-corrected chi connectivity index (χ0v) is 12.5. The number of hydrogen-bond donors (Lipinski definition) is 0. The fourth-order valence-electron chi connectivity index (χ4n) is 1.17. The second-order valence-electron chi connectivity index (χ2n) is 3.16. The van der Waals surface area contributed by atoms with E-state index in [1.807, 2.05) is 0 Å². The van der Waals surface area contributed by atoms with Crippen LogP contribution in [-0.2, 0) is 0 Å². The van der Waals surface area contributed by atoms with Gasteiger partial charge in [-0.1, -0.05) is 15.9 Å². The van der Waals surface area contributed by atoms with Crippen molar-refractivity contribution in [2.75, 3.05) is 0 Å². The molecule has 8 heteroatoms. The Balaban J connectivity index is 2.34. The molecule has 0 aliphatic rings. The van der Waals surface area contributed by atoms with Crippen LogP contribution in [0.4, 0.5) is 5.69 Å². The summed E-state index contributed by atoms with van der Waals surface area (Å²) in [5.74, 6) is 0.101. The molecule has 0 saturated heterocycles. The van der Waals surface area contributed by atoms with Gasteiger partial charge in [-0.05, 0) is 34.7 Å². The van der Waals surface area contributed by atoms with Gasteiger partial charge in [-0.25, -0.2) is 9.97 Å². The molecule has 1 aromatic carbocycles. The third-order valence-electron chi connectivity index (χ3n) is 1.92. The first kappa shape index (κ1) is 13.1. The van der Waals surface area contributed by atoms with Crippen molar-refractivity contribution >= 4 is 44.2 Å². The summed E-state index contributed by atoms with van der Waals surface area (Å²) in [4.78, 5) is 18.2. The smallest absolute Gasteiger partial charge is 0.322 e. The van der Waals surface area contributed by atoms with Crippen molar-refractivity contribution < 1.29 is 9.66 Å². The highest BCUT2D eigenvalue weighted by Gasteiger charge is 2.17. The molecular formula is C10H5BrIN3O3. The van der Waals surface area contributed by atoms with Gasteiger partial charge in [-0.15, -0.1) is 0 Å². The summed E-state index contributed by atoms with van der Waals surface area (Å²) in [7, 11) is 0. The number of ether oxygens (including phenoxy) is 1. The highest BCUT2D eigenvalue weighted by atomic mass is 127. The maximum Gasteiger partial charge on any atom is 0.322 e. The number of nitro benzene ring substituents is 1. The lowest BCUT2D eigenvalue weighted by atomic mass is 10.3. The first-order chi connectivity index (χ1) is 8.56.